The van der Waals surface area contributed by atoms with Crippen LogP contribution in [0.3, 0.4) is 0 Å². The number of imide groups is 1. The fraction of sp³-hybridized carbons (Fsp3) is 0.409. The standard InChI is InChI=1S/C22H23N3O5/c1-24-6-5-13-7-18(30-17(13)11-24)22(9-19(26)23-21(22)28)12-25-10-14-3-4-15(29-2)8-16(14)20(25)27/h3-4,7-8H,5-6,9-12H2,1-2H3,(H,23,26,28)/t22-/m1/s1. The van der Waals surface area contributed by atoms with E-state index < -0.39 is 11.3 Å². The maximum atomic E-state index is 13.1. The first-order valence-corrected chi connectivity index (χ1v) is 10.0. The zero-order valence-corrected chi connectivity index (χ0v) is 17.0. The SMILES string of the molecule is COc1ccc2c(c1)C(=O)N(C[C@@]1(c3cc4c(o3)CN(C)CC4)CC(=O)NC1=O)C2. The molecule has 3 amide bonds. The molecule has 5 rings (SSSR count). The molecule has 1 aromatic carbocycles. The molecular formula is C22H23N3O5. The Morgan fingerprint density at radius 3 is 2.73 bits per heavy atom. The Hall–Kier alpha value is -3.13. The first kappa shape index (κ1) is 18.9. The van der Waals surface area contributed by atoms with Gasteiger partial charge < -0.3 is 14.1 Å². The molecule has 3 aliphatic heterocycles. The Balaban J connectivity index is 1.50. The van der Waals surface area contributed by atoms with Crippen LogP contribution in [-0.2, 0) is 34.5 Å². The highest BCUT2D eigenvalue weighted by Crippen LogP contribution is 2.39. The second kappa shape index (κ2) is 6.70. The van der Waals surface area contributed by atoms with E-state index in [1.54, 1.807) is 18.1 Å². The lowest BCUT2D eigenvalue weighted by molar-refractivity contribution is -0.127. The minimum atomic E-state index is -1.21. The Bertz CT molecular complexity index is 1070. The van der Waals surface area contributed by atoms with Gasteiger partial charge in [0.05, 0.1) is 20.1 Å². The maximum absolute atomic E-state index is 13.1. The number of amides is 3. The van der Waals surface area contributed by atoms with Crippen LogP contribution in [0.25, 0.3) is 0 Å². The van der Waals surface area contributed by atoms with E-state index in [1.807, 2.05) is 25.2 Å². The van der Waals surface area contributed by atoms with Crippen molar-refractivity contribution in [2.45, 2.75) is 31.3 Å². The molecule has 4 heterocycles. The van der Waals surface area contributed by atoms with Crippen LogP contribution < -0.4 is 10.1 Å². The summed E-state index contributed by atoms with van der Waals surface area (Å²) in [4.78, 5) is 42.0. The number of methoxy groups -OCH3 is 1. The molecule has 30 heavy (non-hydrogen) atoms. The number of ether oxygens (including phenoxy) is 1. The van der Waals surface area contributed by atoms with Crippen LogP contribution in [-0.4, -0.2) is 54.8 Å². The minimum Gasteiger partial charge on any atom is -0.497 e. The second-order valence-electron chi connectivity index (χ2n) is 8.37. The highest BCUT2D eigenvalue weighted by molar-refractivity contribution is 6.09. The third-order valence-electron chi connectivity index (χ3n) is 6.35. The predicted molar refractivity (Wildman–Crippen MR) is 106 cm³/mol. The van der Waals surface area contributed by atoms with Crippen molar-refractivity contribution in [3.63, 3.8) is 0 Å². The van der Waals surface area contributed by atoms with Gasteiger partial charge in [0.1, 0.15) is 22.7 Å². The van der Waals surface area contributed by atoms with Crippen molar-refractivity contribution in [3.8, 4) is 5.75 Å². The summed E-state index contributed by atoms with van der Waals surface area (Å²) >= 11 is 0. The fourth-order valence-electron chi connectivity index (χ4n) is 4.65. The summed E-state index contributed by atoms with van der Waals surface area (Å²) in [6.07, 6.45) is 0.798. The lowest BCUT2D eigenvalue weighted by atomic mass is 9.82. The Kier molecular flexibility index (Phi) is 4.21. The van der Waals surface area contributed by atoms with E-state index in [4.69, 9.17) is 9.15 Å². The van der Waals surface area contributed by atoms with E-state index in [2.05, 4.69) is 10.2 Å². The van der Waals surface area contributed by atoms with E-state index in [0.717, 1.165) is 29.9 Å². The molecule has 1 aromatic heterocycles. The van der Waals surface area contributed by atoms with E-state index in [9.17, 15) is 14.4 Å². The molecule has 3 aliphatic rings. The zero-order chi connectivity index (χ0) is 21.0. The normalized spacial score (nSPS) is 23.5. The van der Waals surface area contributed by atoms with E-state index in [-0.39, 0.29) is 24.8 Å². The van der Waals surface area contributed by atoms with E-state index in [1.165, 1.54) is 0 Å². The van der Waals surface area contributed by atoms with Crippen molar-refractivity contribution >= 4 is 17.7 Å². The summed E-state index contributed by atoms with van der Waals surface area (Å²) in [6.45, 7) is 2.04. The summed E-state index contributed by atoms with van der Waals surface area (Å²) in [7, 11) is 3.57. The molecule has 8 heteroatoms. The van der Waals surface area contributed by atoms with Crippen molar-refractivity contribution in [1.29, 1.82) is 0 Å². The number of carbonyl (C=O) groups is 3. The number of benzene rings is 1. The van der Waals surface area contributed by atoms with Crippen LogP contribution >= 0.6 is 0 Å². The van der Waals surface area contributed by atoms with Crippen molar-refractivity contribution in [2.24, 2.45) is 0 Å². The summed E-state index contributed by atoms with van der Waals surface area (Å²) < 4.78 is 11.4. The molecule has 156 valence electrons. The van der Waals surface area contributed by atoms with Crippen LogP contribution in [0.4, 0.5) is 0 Å². The van der Waals surface area contributed by atoms with Gasteiger partial charge in [-0.3, -0.25) is 24.6 Å². The molecule has 1 N–H and O–H groups in total. The molecule has 0 bridgehead atoms. The van der Waals surface area contributed by atoms with Gasteiger partial charge in [0.25, 0.3) is 5.91 Å². The summed E-state index contributed by atoms with van der Waals surface area (Å²) in [5.41, 5.74) is 1.29. The lowest BCUT2D eigenvalue weighted by Crippen LogP contribution is -2.46. The maximum Gasteiger partial charge on any atom is 0.254 e. The minimum absolute atomic E-state index is 0.0302. The number of likely N-dealkylation sites (N-methyl/N-ethyl adjacent to an activating group) is 1. The fourth-order valence-corrected chi connectivity index (χ4v) is 4.65. The zero-order valence-electron chi connectivity index (χ0n) is 17.0. The van der Waals surface area contributed by atoms with Gasteiger partial charge in [0.2, 0.25) is 11.8 Å². The van der Waals surface area contributed by atoms with Crippen LogP contribution in [0.1, 0.15) is 39.4 Å². The number of nitrogens with zero attached hydrogens (tertiary/aromatic N) is 2. The number of rotatable bonds is 4. The molecule has 0 radical (unpaired) electrons. The van der Waals surface area contributed by atoms with E-state index >= 15 is 0 Å². The number of nitrogens with one attached hydrogen (secondary N) is 1. The van der Waals surface area contributed by atoms with Crippen molar-refractivity contribution in [1.82, 2.24) is 15.1 Å². The third kappa shape index (κ3) is 2.82. The molecule has 1 atom stereocenters. The largest absolute Gasteiger partial charge is 0.497 e. The smallest absolute Gasteiger partial charge is 0.254 e. The first-order valence-electron chi connectivity index (χ1n) is 10.0. The summed E-state index contributed by atoms with van der Waals surface area (Å²) in [6, 6.07) is 7.29. The van der Waals surface area contributed by atoms with Crippen LogP contribution in [0.2, 0.25) is 0 Å². The highest BCUT2D eigenvalue weighted by Gasteiger charge is 2.53. The molecule has 8 nitrogen and oxygen atoms in total. The van der Waals surface area contributed by atoms with Gasteiger partial charge in [-0.05, 0) is 42.8 Å². The predicted octanol–water partition coefficient (Wildman–Crippen LogP) is 1.22. The molecule has 1 fully saturated rings. The van der Waals surface area contributed by atoms with Crippen LogP contribution in [0, 0.1) is 0 Å². The Morgan fingerprint density at radius 1 is 1.17 bits per heavy atom. The Labute approximate surface area is 173 Å². The average Bonchev–Trinajstić information content (AvgIpc) is 3.36. The van der Waals surface area contributed by atoms with Crippen molar-refractivity contribution in [3.05, 3.63) is 52.5 Å². The van der Waals surface area contributed by atoms with Gasteiger partial charge >= 0.3 is 0 Å². The number of hydrogen-bond acceptors (Lipinski definition) is 6. The highest BCUT2D eigenvalue weighted by atomic mass is 16.5. The van der Waals surface area contributed by atoms with Gasteiger partial charge in [-0.1, -0.05) is 6.07 Å². The van der Waals surface area contributed by atoms with Gasteiger partial charge in [0, 0.05) is 25.2 Å². The van der Waals surface area contributed by atoms with Gasteiger partial charge in [0.15, 0.2) is 0 Å². The van der Waals surface area contributed by atoms with Crippen LogP contribution in [0.5, 0.6) is 5.75 Å². The van der Waals surface area contributed by atoms with Crippen LogP contribution in [0.15, 0.2) is 28.7 Å². The van der Waals surface area contributed by atoms with Gasteiger partial charge in [-0.15, -0.1) is 0 Å². The number of furan rings is 1. The monoisotopic (exact) mass is 409 g/mol. The lowest BCUT2D eigenvalue weighted by Gasteiger charge is -2.28. The van der Waals surface area contributed by atoms with Gasteiger partial charge in [-0.25, -0.2) is 0 Å². The molecule has 2 aromatic rings. The number of hydrogen-bond donors (Lipinski definition) is 1. The Morgan fingerprint density at radius 2 is 2.00 bits per heavy atom. The van der Waals surface area contributed by atoms with Crippen molar-refractivity contribution < 1.29 is 23.5 Å². The van der Waals surface area contributed by atoms with E-state index in [0.29, 0.717) is 30.2 Å². The quantitative estimate of drug-likeness (QED) is 0.764. The second-order valence-corrected chi connectivity index (χ2v) is 8.37. The molecule has 0 unspecified atom stereocenters. The van der Waals surface area contributed by atoms with Gasteiger partial charge in [-0.2, -0.15) is 0 Å². The average molecular weight is 409 g/mol. The molecular weight excluding hydrogens is 386 g/mol. The first-order chi connectivity index (χ1) is 14.4. The van der Waals surface area contributed by atoms with Crippen molar-refractivity contribution in [2.75, 3.05) is 27.2 Å². The molecule has 0 spiro atoms. The molecule has 0 saturated carbocycles. The number of carbonyl (C=O) groups excluding carboxylic acids is 3. The third-order valence-corrected chi connectivity index (χ3v) is 6.35. The summed E-state index contributed by atoms with van der Waals surface area (Å²) in [5.74, 6) is 0.964. The topological polar surface area (TPSA) is 92.1 Å². The molecule has 0 aliphatic carbocycles. The summed E-state index contributed by atoms with van der Waals surface area (Å²) in [5, 5.41) is 2.42. The number of fused-ring (bicyclic) bond motifs is 2. The molecule has 1 saturated heterocycles.